The fourth-order valence-electron chi connectivity index (χ4n) is 2.55. The summed E-state index contributed by atoms with van der Waals surface area (Å²) >= 11 is 0. The summed E-state index contributed by atoms with van der Waals surface area (Å²) in [5, 5.41) is 11.5. The SMILES string of the molecule is CC1CCCC(NCC(F)(F)F)(C(=O)O)C1C. The first-order valence-corrected chi connectivity index (χ1v) is 5.74. The zero-order valence-electron chi connectivity index (χ0n) is 9.97. The van der Waals surface area contributed by atoms with E-state index in [1.807, 2.05) is 6.92 Å². The van der Waals surface area contributed by atoms with Crippen LogP contribution in [0.15, 0.2) is 0 Å². The van der Waals surface area contributed by atoms with Gasteiger partial charge in [-0.2, -0.15) is 13.2 Å². The summed E-state index contributed by atoms with van der Waals surface area (Å²) in [7, 11) is 0. The van der Waals surface area contributed by atoms with Gasteiger partial charge in [0.1, 0.15) is 5.54 Å². The Hall–Kier alpha value is -0.780. The Balaban J connectivity index is 2.85. The number of carboxylic acid groups (broad SMARTS) is 1. The number of halogens is 3. The number of hydrogen-bond donors (Lipinski definition) is 2. The maximum Gasteiger partial charge on any atom is 0.401 e. The van der Waals surface area contributed by atoms with Gasteiger partial charge in [-0.05, 0) is 18.3 Å². The van der Waals surface area contributed by atoms with Crippen LogP contribution in [0.2, 0.25) is 0 Å². The van der Waals surface area contributed by atoms with Crippen molar-refractivity contribution in [2.45, 2.75) is 44.8 Å². The lowest BCUT2D eigenvalue weighted by Gasteiger charge is -2.43. The quantitative estimate of drug-likeness (QED) is 0.812. The molecule has 100 valence electrons. The minimum absolute atomic E-state index is 0.112. The predicted octanol–water partition coefficient (Wildman–Crippen LogP) is 2.42. The van der Waals surface area contributed by atoms with Gasteiger partial charge >= 0.3 is 12.1 Å². The molecule has 0 aromatic heterocycles. The summed E-state index contributed by atoms with van der Waals surface area (Å²) in [6, 6.07) is 0. The highest BCUT2D eigenvalue weighted by atomic mass is 19.4. The fourth-order valence-corrected chi connectivity index (χ4v) is 2.55. The zero-order chi connectivity index (χ0) is 13.3. The van der Waals surface area contributed by atoms with Gasteiger partial charge in [-0.3, -0.25) is 10.1 Å². The van der Waals surface area contributed by atoms with E-state index in [2.05, 4.69) is 5.32 Å². The first-order chi connectivity index (χ1) is 7.69. The fraction of sp³-hybridized carbons (Fsp3) is 0.909. The lowest BCUT2D eigenvalue weighted by atomic mass is 9.68. The van der Waals surface area contributed by atoms with Gasteiger partial charge in [0.15, 0.2) is 0 Å². The molecule has 1 aliphatic rings. The first kappa shape index (κ1) is 14.3. The average Bonchev–Trinajstić information content (AvgIpc) is 2.19. The van der Waals surface area contributed by atoms with Crippen molar-refractivity contribution in [2.24, 2.45) is 11.8 Å². The summed E-state index contributed by atoms with van der Waals surface area (Å²) in [4.78, 5) is 11.3. The third-order valence-corrected chi connectivity index (χ3v) is 3.85. The van der Waals surface area contributed by atoms with Crippen molar-refractivity contribution in [3.05, 3.63) is 0 Å². The number of alkyl halides is 3. The number of carboxylic acids is 1. The summed E-state index contributed by atoms with van der Waals surface area (Å²) in [5.41, 5.74) is -1.44. The van der Waals surface area contributed by atoms with Gasteiger partial charge < -0.3 is 5.11 Å². The van der Waals surface area contributed by atoms with Crippen LogP contribution in [0.4, 0.5) is 13.2 Å². The van der Waals surface area contributed by atoms with Crippen LogP contribution in [0.1, 0.15) is 33.1 Å². The van der Waals surface area contributed by atoms with Crippen molar-refractivity contribution in [1.82, 2.24) is 5.32 Å². The summed E-state index contributed by atoms with van der Waals surface area (Å²) in [5.74, 6) is -1.38. The normalized spacial score (nSPS) is 34.6. The van der Waals surface area contributed by atoms with Crippen LogP contribution in [-0.2, 0) is 4.79 Å². The van der Waals surface area contributed by atoms with Gasteiger partial charge in [-0.15, -0.1) is 0 Å². The van der Waals surface area contributed by atoms with Crippen molar-refractivity contribution in [3.8, 4) is 0 Å². The molecule has 0 aliphatic heterocycles. The maximum atomic E-state index is 12.2. The van der Waals surface area contributed by atoms with Gasteiger partial charge in [0.05, 0.1) is 6.54 Å². The Morgan fingerprint density at radius 1 is 1.47 bits per heavy atom. The topological polar surface area (TPSA) is 49.3 Å². The molecule has 0 bridgehead atoms. The van der Waals surface area contributed by atoms with Crippen LogP contribution >= 0.6 is 0 Å². The van der Waals surface area contributed by atoms with Gasteiger partial charge in [0, 0.05) is 0 Å². The largest absolute Gasteiger partial charge is 0.480 e. The molecule has 3 nitrogen and oxygen atoms in total. The van der Waals surface area contributed by atoms with E-state index >= 15 is 0 Å². The molecule has 0 amide bonds. The van der Waals surface area contributed by atoms with E-state index in [4.69, 9.17) is 0 Å². The summed E-state index contributed by atoms with van der Waals surface area (Å²) < 4.78 is 36.6. The molecule has 1 rings (SSSR count). The molecule has 1 aliphatic carbocycles. The van der Waals surface area contributed by atoms with Gasteiger partial charge in [-0.1, -0.05) is 26.7 Å². The smallest absolute Gasteiger partial charge is 0.401 e. The molecular formula is C11H18F3NO2. The van der Waals surface area contributed by atoms with Gasteiger partial charge in [-0.25, -0.2) is 0 Å². The van der Waals surface area contributed by atoms with Crippen LogP contribution in [-0.4, -0.2) is 29.3 Å². The van der Waals surface area contributed by atoms with Crippen LogP contribution in [0, 0.1) is 11.8 Å². The molecule has 0 aromatic rings. The molecule has 6 heteroatoms. The van der Waals surface area contributed by atoms with Crippen LogP contribution < -0.4 is 5.32 Å². The molecule has 3 unspecified atom stereocenters. The van der Waals surface area contributed by atoms with Crippen molar-refractivity contribution in [2.75, 3.05) is 6.54 Å². The second-order valence-electron chi connectivity index (χ2n) is 4.90. The molecule has 1 saturated carbocycles. The molecule has 17 heavy (non-hydrogen) atoms. The number of rotatable bonds is 3. The highest BCUT2D eigenvalue weighted by Gasteiger charge is 2.49. The maximum absolute atomic E-state index is 12.2. The Labute approximate surface area is 98.4 Å². The lowest BCUT2D eigenvalue weighted by Crippen LogP contribution is -2.61. The molecule has 2 N–H and O–H groups in total. The van der Waals surface area contributed by atoms with Crippen LogP contribution in [0.25, 0.3) is 0 Å². The van der Waals surface area contributed by atoms with Crippen molar-refractivity contribution in [1.29, 1.82) is 0 Å². The zero-order valence-corrected chi connectivity index (χ0v) is 9.97. The molecule has 0 spiro atoms. The average molecular weight is 253 g/mol. The standard InChI is InChI=1S/C11H18F3NO2/c1-7-4-3-5-10(8(7)2,9(16)17)15-6-11(12,13)14/h7-8,15H,3-6H2,1-2H3,(H,16,17). The minimum Gasteiger partial charge on any atom is -0.480 e. The second-order valence-corrected chi connectivity index (χ2v) is 4.90. The van der Waals surface area contributed by atoms with Gasteiger partial charge in [0.2, 0.25) is 0 Å². The third kappa shape index (κ3) is 3.12. The Bertz CT molecular complexity index is 293. The van der Waals surface area contributed by atoms with E-state index in [1.165, 1.54) is 0 Å². The molecule has 3 atom stereocenters. The molecular weight excluding hydrogens is 235 g/mol. The van der Waals surface area contributed by atoms with E-state index in [0.29, 0.717) is 6.42 Å². The van der Waals surface area contributed by atoms with Crippen LogP contribution in [0.5, 0.6) is 0 Å². The predicted molar refractivity (Wildman–Crippen MR) is 56.6 cm³/mol. The highest BCUT2D eigenvalue weighted by molar-refractivity contribution is 5.79. The molecule has 0 heterocycles. The summed E-state index contributed by atoms with van der Waals surface area (Å²) in [6.07, 6.45) is -2.63. The molecule has 0 saturated heterocycles. The molecule has 1 fully saturated rings. The highest BCUT2D eigenvalue weighted by Crippen LogP contribution is 2.38. The third-order valence-electron chi connectivity index (χ3n) is 3.85. The van der Waals surface area contributed by atoms with E-state index in [-0.39, 0.29) is 18.3 Å². The molecule has 0 aromatic carbocycles. The van der Waals surface area contributed by atoms with Crippen molar-refractivity contribution < 1.29 is 23.1 Å². The van der Waals surface area contributed by atoms with E-state index < -0.39 is 24.2 Å². The number of hydrogen-bond acceptors (Lipinski definition) is 2. The Morgan fingerprint density at radius 3 is 2.53 bits per heavy atom. The summed E-state index contributed by atoms with van der Waals surface area (Å²) in [6.45, 7) is 2.34. The van der Waals surface area contributed by atoms with E-state index in [9.17, 15) is 23.1 Å². The number of nitrogens with one attached hydrogen (secondary N) is 1. The Kier molecular flexibility index (Phi) is 4.06. The number of aliphatic carboxylic acids is 1. The Morgan fingerprint density at radius 2 is 2.06 bits per heavy atom. The van der Waals surface area contributed by atoms with E-state index in [0.717, 1.165) is 6.42 Å². The van der Waals surface area contributed by atoms with E-state index in [1.54, 1.807) is 6.92 Å². The minimum atomic E-state index is -4.39. The van der Waals surface area contributed by atoms with Crippen LogP contribution in [0.3, 0.4) is 0 Å². The monoisotopic (exact) mass is 253 g/mol. The molecule has 0 radical (unpaired) electrons. The van der Waals surface area contributed by atoms with Crippen molar-refractivity contribution in [3.63, 3.8) is 0 Å². The first-order valence-electron chi connectivity index (χ1n) is 5.74. The lowest BCUT2D eigenvalue weighted by molar-refractivity contribution is -0.157. The number of carbonyl (C=O) groups is 1. The van der Waals surface area contributed by atoms with Crippen molar-refractivity contribution >= 4 is 5.97 Å². The van der Waals surface area contributed by atoms with Gasteiger partial charge in [0.25, 0.3) is 0 Å². The second kappa shape index (κ2) is 4.84.